The Morgan fingerprint density at radius 3 is 2.60 bits per heavy atom. The van der Waals surface area contributed by atoms with Crippen molar-refractivity contribution < 1.29 is 19.4 Å². The van der Waals surface area contributed by atoms with Gasteiger partial charge >= 0.3 is 0 Å². The standard InChI is InChI=1S/C23H25N3O4/c1-4-12-26-22(15-8-11-17(27)18(13-15)29-3)19-20(24-25-21(19)23(26)28)14-6-9-16(10-7-14)30-5-2/h6-11,13,22,27H,4-5,12H2,1-3H3,(H,24,25)/t22-/m1/s1. The molecule has 1 aliphatic heterocycles. The molecule has 7 nitrogen and oxygen atoms in total. The number of carbonyl (C=O) groups is 1. The largest absolute Gasteiger partial charge is 0.504 e. The van der Waals surface area contributed by atoms with E-state index in [0.29, 0.717) is 24.6 Å². The van der Waals surface area contributed by atoms with Crippen LogP contribution in [-0.2, 0) is 0 Å². The van der Waals surface area contributed by atoms with Gasteiger partial charge in [-0.2, -0.15) is 5.10 Å². The number of amides is 1. The predicted molar refractivity (Wildman–Crippen MR) is 113 cm³/mol. The van der Waals surface area contributed by atoms with E-state index in [-0.39, 0.29) is 17.7 Å². The third-order valence-corrected chi connectivity index (χ3v) is 5.29. The summed E-state index contributed by atoms with van der Waals surface area (Å²) in [5.41, 5.74) is 3.84. The molecule has 1 atom stereocenters. The molecule has 0 radical (unpaired) electrons. The van der Waals surface area contributed by atoms with Crippen molar-refractivity contribution in [2.75, 3.05) is 20.3 Å². The van der Waals surface area contributed by atoms with Crippen molar-refractivity contribution in [1.82, 2.24) is 15.1 Å². The highest BCUT2D eigenvalue weighted by atomic mass is 16.5. The molecule has 0 spiro atoms. The van der Waals surface area contributed by atoms with Gasteiger partial charge in [0.1, 0.15) is 11.4 Å². The van der Waals surface area contributed by atoms with Crippen LogP contribution in [0.5, 0.6) is 17.2 Å². The Hall–Kier alpha value is -3.48. The quantitative estimate of drug-likeness (QED) is 0.614. The number of carbonyl (C=O) groups excluding carboxylic acids is 1. The van der Waals surface area contributed by atoms with E-state index in [1.807, 2.05) is 49.1 Å². The van der Waals surface area contributed by atoms with Gasteiger partial charge in [0, 0.05) is 17.7 Å². The van der Waals surface area contributed by atoms with Crippen LogP contribution in [0.15, 0.2) is 42.5 Å². The second-order valence-corrected chi connectivity index (χ2v) is 7.15. The van der Waals surface area contributed by atoms with Crippen LogP contribution < -0.4 is 9.47 Å². The summed E-state index contributed by atoms with van der Waals surface area (Å²) < 4.78 is 10.8. The summed E-state index contributed by atoms with van der Waals surface area (Å²) in [5.74, 6) is 1.15. The van der Waals surface area contributed by atoms with E-state index in [2.05, 4.69) is 10.2 Å². The molecule has 156 valence electrons. The lowest BCUT2D eigenvalue weighted by Gasteiger charge is -2.26. The number of methoxy groups -OCH3 is 1. The van der Waals surface area contributed by atoms with Gasteiger partial charge in [0.15, 0.2) is 11.5 Å². The Bertz CT molecular complexity index is 1060. The number of rotatable bonds is 7. The maximum Gasteiger partial charge on any atom is 0.273 e. The van der Waals surface area contributed by atoms with Gasteiger partial charge in [-0.1, -0.05) is 13.0 Å². The van der Waals surface area contributed by atoms with E-state index >= 15 is 0 Å². The predicted octanol–water partition coefficient (Wildman–Crippen LogP) is 4.14. The molecule has 3 aromatic rings. The van der Waals surface area contributed by atoms with E-state index in [0.717, 1.165) is 34.6 Å². The van der Waals surface area contributed by atoms with Crippen molar-refractivity contribution in [1.29, 1.82) is 0 Å². The molecule has 1 amide bonds. The first kappa shape index (κ1) is 19.8. The zero-order chi connectivity index (χ0) is 21.3. The van der Waals surface area contributed by atoms with Crippen molar-refractivity contribution in [3.8, 4) is 28.5 Å². The van der Waals surface area contributed by atoms with E-state index in [9.17, 15) is 9.90 Å². The monoisotopic (exact) mass is 407 g/mol. The molecule has 4 rings (SSSR count). The second-order valence-electron chi connectivity index (χ2n) is 7.15. The van der Waals surface area contributed by atoms with E-state index in [1.165, 1.54) is 7.11 Å². The Balaban J connectivity index is 1.83. The minimum atomic E-state index is -0.317. The van der Waals surface area contributed by atoms with E-state index in [4.69, 9.17) is 9.47 Å². The molecule has 0 saturated carbocycles. The number of hydrogen-bond acceptors (Lipinski definition) is 5. The fraction of sp³-hybridized carbons (Fsp3) is 0.304. The molecule has 2 heterocycles. The molecule has 1 aromatic heterocycles. The molecule has 0 unspecified atom stereocenters. The molecular weight excluding hydrogens is 382 g/mol. The van der Waals surface area contributed by atoms with E-state index in [1.54, 1.807) is 12.1 Å². The number of nitrogens with zero attached hydrogens (tertiary/aromatic N) is 2. The molecule has 1 aliphatic rings. The smallest absolute Gasteiger partial charge is 0.273 e. The fourth-order valence-electron chi connectivity index (χ4n) is 3.97. The van der Waals surface area contributed by atoms with Gasteiger partial charge in [-0.25, -0.2) is 0 Å². The van der Waals surface area contributed by atoms with Gasteiger partial charge in [-0.15, -0.1) is 0 Å². The van der Waals surface area contributed by atoms with Gasteiger partial charge < -0.3 is 19.5 Å². The number of aromatic amines is 1. The average Bonchev–Trinajstić information content (AvgIpc) is 3.29. The summed E-state index contributed by atoms with van der Waals surface area (Å²) in [6, 6.07) is 12.6. The van der Waals surface area contributed by atoms with Gasteiger partial charge in [0.25, 0.3) is 5.91 Å². The average molecular weight is 407 g/mol. The highest BCUT2D eigenvalue weighted by Gasteiger charge is 2.41. The molecule has 2 N–H and O–H groups in total. The number of phenolic OH excluding ortho intramolecular Hbond substituents is 1. The van der Waals surface area contributed by atoms with Crippen LogP contribution in [0.4, 0.5) is 0 Å². The normalized spacial score (nSPS) is 15.4. The topological polar surface area (TPSA) is 87.7 Å². The number of nitrogens with one attached hydrogen (secondary N) is 1. The van der Waals surface area contributed by atoms with Gasteiger partial charge in [-0.05, 0) is 55.3 Å². The molecule has 2 aromatic carbocycles. The summed E-state index contributed by atoms with van der Waals surface area (Å²) in [4.78, 5) is 15.0. The first-order chi connectivity index (χ1) is 14.6. The molecule has 0 aliphatic carbocycles. The van der Waals surface area contributed by atoms with Crippen LogP contribution in [0, 0.1) is 0 Å². The highest BCUT2D eigenvalue weighted by Crippen LogP contribution is 2.44. The Morgan fingerprint density at radius 2 is 1.93 bits per heavy atom. The highest BCUT2D eigenvalue weighted by molar-refractivity contribution is 6.00. The number of hydrogen-bond donors (Lipinski definition) is 2. The zero-order valence-corrected chi connectivity index (χ0v) is 17.3. The van der Waals surface area contributed by atoms with Crippen molar-refractivity contribution in [2.24, 2.45) is 0 Å². The summed E-state index contributed by atoms with van der Waals surface area (Å²) in [6.07, 6.45) is 0.827. The van der Waals surface area contributed by atoms with Crippen molar-refractivity contribution >= 4 is 5.91 Å². The maximum absolute atomic E-state index is 13.1. The minimum Gasteiger partial charge on any atom is -0.504 e. The second kappa shape index (κ2) is 8.10. The lowest BCUT2D eigenvalue weighted by Crippen LogP contribution is -2.30. The molecule has 7 heteroatoms. The minimum absolute atomic E-state index is 0.0618. The van der Waals surface area contributed by atoms with E-state index < -0.39 is 0 Å². The van der Waals surface area contributed by atoms with Crippen LogP contribution in [0.25, 0.3) is 11.3 Å². The van der Waals surface area contributed by atoms with Crippen LogP contribution in [-0.4, -0.2) is 46.4 Å². The lowest BCUT2D eigenvalue weighted by atomic mass is 9.95. The number of fused-ring (bicyclic) bond motifs is 1. The Morgan fingerprint density at radius 1 is 1.17 bits per heavy atom. The van der Waals surface area contributed by atoms with Gasteiger partial charge in [0.05, 0.1) is 25.5 Å². The van der Waals surface area contributed by atoms with Crippen molar-refractivity contribution in [2.45, 2.75) is 26.3 Å². The third-order valence-electron chi connectivity index (χ3n) is 5.29. The van der Waals surface area contributed by atoms with Crippen LogP contribution in [0.1, 0.15) is 47.9 Å². The van der Waals surface area contributed by atoms with Crippen LogP contribution >= 0.6 is 0 Å². The van der Waals surface area contributed by atoms with Crippen molar-refractivity contribution in [3.63, 3.8) is 0 Å². The van der Waals surface area contributed by atoms with Gasteiger partial charge in [0.2, 0.25) is 0 Å². The zero-order valence-electron chi connectivity index (χ0n) is 17.3. The number of benzene rings is 2. The Kier molecular flexibility index (Phi) is 5.35. The first-order valence-electron chi connectivity index (χ1n) is 10.1. The number of aromatic hydroxyl groups is 1. The molecule has 0 bridgehead atoms. The fourth-order valence-corrected chi connectivity index (χ4v) is 3.97. The number of H-pyrrole nitrogens is 1. The third kappa shape index (κ3) is 3.26. The first-order valence-corrected chi connectivity index (χ1v) is 10.1. The van der Waals surface area contributed by atoms with Crippen LogP contribution in [0.3, 0.4) is 0 Å². The molecular formula is C23H25N3O4. The molecule has 0 saturated heterocycles. The lowest BCUT2D eigenvalue weighted by molar-refractivity contribution is 0.0744. The summed E-state index contributed by atoms with van der Waals surface area (Å²) in [7, 11) is 1.51. The number of phenols is 1. The summed E-state index contributed by atoms with van der Waals surface area (Å²) in [6.45, 7) is 5.19. The number of ether oxygens (including phenoxy) is 2. The van der Waals surface area contributed by atoms with Gasteiger partial charge in [-0.3, -0.25) is 9.89 Å². The number of aromatic nitrogens is 2. The Labute approximate surface area is 175 Å². The summed E-state index contributed by atoms with van der Waals surface area (Å²) in [5, 5.41) is 17.4. The van der Waals surface area contributed by atoms with Crippen LogP contribution in [0.2, 0.25) is 0 Å². The molecule has 30 heavy (non-hydrogen) atoms. The molecule has 0 fully saturated rings. The SMILES string of the molecule is CCCN1C(=O)c2[nH]nc(-c3ccc(OCC)cc3)c2[C@H]1c1ccc(O)c(OC)c1. The maximum atomic E-state index is 13.1. The summed E-state index contributed by atoms with van der Waals surface area (Å²) >= 11 is 0. The van der Waals surface area contributed by atoms with Crippen molar-refractivity contribution in [3.05, 3.63) is 59.3 Å².